The van der Waals surface area contributed by atoms with E-state index in [1.165, 1.54) is 18.0 Å². The van der Waals surface area contributed by atoms with E-state index in [1.807, 2.05) is 0 Å². The zero-order chi connectivity index (χ0) is 21.3. The lowest BCUT2D eigenvalue weighted by Crippen LogP contribution is -2.31. The van der Waals surface area contributed by atoms with Crippen molar-refractivity contribution in [3.8, 4) is 11.5 Å². The zero-order valence-corrected chi connectivity index (χ0v) is 17.4. The lowest BCUT2D eigenvalue weighted by molar-refractivity contribution is -0.122. The summed E-state index contributed by atoms with van der Waals surface area (Å²) in [7, 11) is 1.55. The van der Waals surface area contributed by atoms with Gasteiger partial charge in [0.2, 0.25) is 11.8 Å². The number of hydrogen-bond acceptors (Lipinski definition) is 8. The van der Waals surface area contributed by atoms with E-state index >= 15 is 0 Å². The van der Waals surface area contributed by atoms with Crippen molar-refractivity contribution in [2.45, 2.75) is 18.3 Å². The normalized spacial score (nSPS) is 12.5. The summed E-state index contributed by atoms with van der Waals surface area (Å²) >= 11 is 1.18. The van der Waals surface area contributed by atoms with Crippen molar-refractivity contribution in [2.75, 3.05) is 44.5 Å². The highest BCUT2D eigenvalue weighted by molar-refractivity contribution is 7.99. The molecule has 3 rings (SSSR count). The molecule has 2 amide bonds. The lowest BCUT2D eigenvalue weighted by Gasteiger charge is -2.19. The second-order valence-corrected chi connectivity index (χ2v) is 7.26. The molecule has 0 bridgehead atoms. The molecule has 2 aromatic rings. The minimum absolute atomic E-state index is 0.00821. The highest BCUT2D eigenvalue weighted by Gasteiger charge is 2.16. The molecule has 0 saturated carbocycles. The van der Waals surface area contributed by atoms with Crippen LogP contribution in [0.3, 0.4) is 0 Å². The van der Waals surface area contributed by atoms with Crippen LogP contribution in [0, 0.1) is 0 Å². The van der Waals surface area contributed by atoms with E-state index < -0.39 is 0 Å². The quantitative estimate of drug-likeness (QED) is 0.366. The third-order valence-electron chi connectivity index (χ3n) is 4.15. The number of carbonyl (C=O) groups is 2. The monoisotopic (exact) mass is 436 g/mol. The number of fused-ring (bicyclic) bond motifs is 1. The van der Waals surface area contributed by atoms with E-state index in [4.69, 9.17) is 14.2 Å². The second kappa shape index (κ2) is 10.9. The predicted molar refractivity (Wildman–Crippen MR) is 110 cm³/mol. The fourth-order valence-electron chi connectivity index (χ4n) is 2.74. The summed E-state index contributed by atoms with van der Waals surface area (Å²) in [5.41, 5.74) is 1.09. The maximum absolute atomic E-state index is 12.4. The summed E-state index contributed by atoms with van der Waals surface area (Å²) in [5, 5.41) is 15.5. The molecule has 3 N–H and O–H groups in total. The van der Waals surface area contributed by atoms with Gasteiger partial charge in [0, 0.05) is 25.4 Å². The molecule has 0 atom stereocenters. The van der Waals surface area contributed by atoms with Gasteiger partial charge in [0.1, 0.15) is 19.8 Å². The molecule has 1 aliphatic heterocycles. The van der Waals surface area contributed by atoms with Crippen molar-refractivity contribution in [3.63, 3.8) is 0 Å². The molecule has 10 nitrogen and oxygen atoms in total. The van der Waals surface area contributed by atoms with E-state index in [1.54, 1.807) is 29.9 Å². The van der Waals surface area contributed by atoms with E-state index in [2.05, 4.69) is 15.6 Å². The van der Waals surface area contributed by atoms with Crippen molar-refractivity contribution in [1.29, 1.82) is 0 Å². The van der Waals surface area contributed by atoms with Crippen molar-refractivity contribution in [3.05, 3.63) is 30.1 Å². The first kappa shape index (κ1) is 21.9. The number of nitrogens with zero attached hydrogens (tertiary/aromatic N) is 2. The molecule has 1 aromatic heterocycles. The van der Waals surface area contributed by atoms with Gasteiger partial charge in [-0.05, 0) is 12.1 Å². The SMILES string of the molecule is COCCNC(=O)Cn1c(CO)cnc1SCC(=O)Nc1ccc2c(c1)OCCO2. The average Bonchev–Trinajstić information content (AvgIpc) is 3.13. The minimum atomic E-state index is -0.262. The summed E-state index contributed by atoms with van der Waals surface area (Å²) in [6.45, 7) is 1.49. The van der Waals surface area contributed by atoms with Crippen LogP contribution in [0.4, 0.5) is 5.69 Å². The smallest absolute Gasteiger partial charge is 0.240 e. The largest absolute Gasteiger partial charge is 0.486 e. The Kier molecular flexibility index (Phi) is 7.94. The van der Waals surface area contributed by atoms with Gasteiger partial charge in [0.15, 0.2) is 16.7 Å². The predicted octanol–water partition coefficient (Wildman–Crippen LogP) is 0.640. The number of aliphatic hydroxyl groups excluding tert-OH is 1. The Morgan fingerprint density at radius 2 is 2.07 bits per heavy atom. The van der Waals surface area contributed by atoms with Crippen LogP contribution in [0.25, 0.3) is 0 Å². The number of aliphatic hydroxyl groups is 1. The second-order valence-electron chi connectivity index (χ2n) is 6.31. The van der Waals surface area contributed by atoms with E-state index in [0.29, 0.717) is 54.4 Å². The van der Waals surface area contributed by atoms with Crippen LogP contribution in [0.1, 0.15) is 5.69 Å². The number of ether oxygens (including phenoxy) is 3. The molecule has 30 heavy (non-hydrogen) atoms. The first-order chi connectivity index (χ1) is 14.6. The molecule has 162 valence electrons. The van der Waals surface area contributed by atoms with Crippen LogP contribution in [-0.4, -0.2) is 65.7 Å². The average molecular weight is 436 g/mol. The number of methoxy groups -OCH3 is 1. The molecule has 11 heteroatoms. The lowest BCUT2D eigenvalue weighted by atomic mass is 10.2. The number of amides is 2. The number of hydrogen-bond donors (Lipinski definition) is 3. The van der Waals surface area contributed by atoms with Crippen LogP contribution in [0.15, 0.2) is 29.6 Å². The van der Waals surface area contributed by atoms with Crippen LogP contribution in [-0.2, 0) is 27.5 Å². The molecule has 0 radical (unpaired) electrons. The highest BCUT2D eigenvalue weighted by atomic mass is 32.2. The molecular weight excluding hydrogens is 412 g/mol. The summed E-state index contributed by atoms with van der Waals surface area (Å²) < 4.78 is 17.5. The van der Waals surface area contributed by atoms with Crippen LogP contribution in [0.2, 0.25) is 0 Å². The number of thioether (sulfide) groups is 1. The number of anilines is 1. The zero-order valence-electron chi connectivity index (χ0n) is 16.6. The van der Waals surface area contributed by atoms with E-state index in [9.17, 15) is 14.7 Å². The van der Waals surface area contributed by atoms with Crippen molar-refractivity contribution in [2.24, 2.45) is 0 Å². The Morgan fingerprint density at radius 1 is 1.27 bits per heavy atom. The topological polar surface area (TPSA) is 124 Å². The van der Waals surface area contributed by atoms with Gasteiger partial charge in [-0.2, -0.15) is 0 Å². The molecule has 1 aliphatic rings. The maximum Gasteiger partial charge on any atom is 0.240 e. The number of imidazole rings is 1. The van der Waals surface area contributed by atoms with Crippen LogP contribution in [0.5, 0.6) is 11.5 Å². The first-order valence-corrected chi connectivity index (χ1v) is 10.3. The first-order valence-electron chi connectivity index (χ1n) is 9.34. The summed E-state index contributed by atoms with van der Waals surface area (Å²) in [6, 6.07) is 5.21. The van der Waals surface area contributed by atoms with Crippen LogP contribution < -0.4 is 20.1 Å². The summed E-state index contributed by atoms with van der Waals surface area (Å²) in [4.78, 5) is 28.7. The van der Waals surface area contributed by atoms with E-state index in [-0.39, 0.29) is 30.7 Å². The number of carbonyl (C=O) groups excluding carboxylic acids is 2. The van der Waals surface area contributed by atoms with Crippen molar-refractivity contribution < 1.29 is 28.9 Å². The van der Waals surface area contributed by atoms with Crippen molar-refractivity contribution >= 4 is 29.3 Å². The third-order valence-corrected chi connectivity index (χ3v) is 5.14. The third kappa shape index (κ3) is 5.88. The Labute approximate surface area is 177 Å². The van der Waals surface area contributed by atoms with Gasteiger partial charge in [-0.1, -0.05) is 11.8 Å². The molecule has 0 aliphatic carbocycles. The fourth-order valence-corrected chi connectivity index (χ4v) is 3.54. The molecule has 2 heterocycles. The molecule has 0 unspecified atom stereocenters. The molecule has 0 fully saturated rings. The summed E-state index contributed by atoms with van der Waals surface area (Å²) in [6.07, 6.45) is 1.49. The van der Waals surface area contributed by atoms with Gasteiger partial charge in [-0.25, -0.2) is 4.98 Å². The van der Waals surface area contributed by atoms with Gasteiger partial charge < -0.3 is 34.5 Å². The Bertz CT molecular complexity index is 888. The minimum Gasteiger partial charge on any atom is -0.486 e. The maximum atomic E-state index is 12.4. The highest BCUT2D eigenvalue weighted by Crippen LogP contribution is 2.32. The Balaban J connectivity index is 1.56. The number of nitrogens with one attached hydrogen (secondary N) is 2. The van der Waals surface area contributed by atoms with Gasteiger partial charge >= 0.3 is 0 Å². The van der Waals surface area contributed by atoms with Gasteiger partial charge in [0.05, 0.1) is 30.9 Å². The standard InChI is InChI=1S/C19H24N4O6S/c1-27-5-4-20-17(25)10-23-14(11-24)9-21-19(23)30-12-18(26)22-13-2-3-15-16(8-13)29-7-6-28-15/h2-3,8-9,24H,4-7,10-12H2,1H3,(H,20,25)(H,22,26). The van der Waals surface area contributed by atoms with Gasteiger partial charge in [-0.3, -0.25) is 9.59 Å². The van der Waals surface area contributed by atoms with Crippen molar-refractivity contribution in [1.82, 2.24) is 14.9 Å². The number of aromatic nitrogens is 2. The number of benzene rings is 1. The number of rotatable bonds is 10. The molecule has 0 spiro atoms. The van der Waals surface area contributed by atoms with E-state index in [0.717, 1.165) is 0 Å². The van der Waals surface area contributed by atoms with Gasteiger partial charge in [0.25, 0.3) is 0 Å². The Hall–Kier alpha value is -2.76. The van der Waals surface area contributed by atoms with Gasteiger partial charge in [-0.15, -0.1) is 0 Å². The summed E-state index contributed by atoms with van der Waals surface area (Å²) in [5.74, 6) is 0.857. The van der Waals surface area contributed by atoms with Crippen LogP contribution >= 0.6 is 11.8 Å². The molecule has 1 aromatic carbocycles. The fraction of sp³-hybridized carbons (Fsp3) is 0.421. The Morgan fingerprint density at radius 3 is 2.83 bits per heavy atom. The molecular formula is C19H24N4O6S. The molecule has 0 saturated heterocycles.